The summed E-state index contributed by atoms with van der Waals surface area (Å²) in [6.07, 6.45) is 8.28. The van der Waals surface area contributed by atoms with Gasteiger partial charge in [-0.2, -0.15) is 0 Å². The van der Waals surface area contributed by atoms with Crippen molar-refractivity contribution >= 4 is 17.2 Å². The highest BCUT2D eigenvalue weighted by molar-refractivity contribution is 7.09. The molecule has 2 aliphatic carbocycles. The lowest BCUT2D eigenvalue weighted by atomic mass is 9.93. The molecule has 5 nitrogen and oxygen atoms in total. The summed E-state index contributed by atoms with van der Waals surface area (Å²) >= 11 is 1.65. The molecule has 1 spiro atoms. The number of hydrogen-bond donors (Lipinski definition) is 1. The van der Waals surface area contributed by atoms with Gasteiger partial charge < -0.3 is 15.0 Å². The SMILES string of the molecule is COCC1(CC(=O)N(Cc2nccs2)C2CC23CCNCC3)CC1. The second kappa shape index (κ2) is 6.39. The quantitative estimate of drug-likeness (QED) is 0.821. The number of amides is 1. The molecule has 1 unspecified atom stereocenters. The zero-order valence-electron chi connectivity index (χ0n) is 14.4. The van der Waals surface area contributed by atoms with Gasteiger partial charge in [0, 0.05) is 36.6 Å². The van der Waals surface area contributed by atoms with Crippen LogP contribution in [0.15, 0.2) is 11.6 Å². The van der Waals surface area contributed by atoms with E-state index in [0.717, 1.165) is 30.9 Å². The van der Waals surface area contributed by atoms with Gasteiger partial charge in [-0.05, 0) is 50.6 Å². The van der Waals surface area contributed by atoms with E-state index in [2.05, 4.69) is 15.2 Å². The average Bonchev–Trinajstić information content (AvgIpc) is 3.41. The van der Waals surface area contributed by atoms with Crippen molar-refractivity contribution < 1.29 is 9.53 Å². The second-order valence-corrected chi connectivity index (χ2v) is 8.87. The highest BCUT2D eigenvalue weighted by atomic mass is 32.1. The van der Waals surface area contributed by atoms with E-state index in [1.165, 1.54) is 19.3 Å². The van der Waals surface area contributed by atoms with E-state index in [1.807, 2.05) is 11.6 Å². The normalized spacial score (nSPS) is 26.3. The van der Waals surface area contributed by atoms with Crippen LogP contribution >= 0.6 is 11.3 Å². The molecule has 2 heterocycles. The van der Waals surface area contributed by atoms with Gasteiger partial charge in [0.05, 0.1) is 13.2 Å². The van der Waals surface area contributed by atoms with Gasteiger partial charge in [-0.15, -0.1) is 11.3 Å². The smallest absolute Gasteiger partial charge is 0.223 e. The zero-order chi connectivity index (χ0) is 16.6. The zero-order valence-corrected chi connectivity index (χ0v) is 15.2. The maximum absolute atomic E-state index is 13.1. The number of hydrogen-bond acceptors (Lipinski definition) is 5. The van der Waals surface area contributed by atoms with Gasteiger partial charge in [-0.1, -0.05) is 0 Å². The number of nitrogens with one attached hydrogen (secondary N) is 1. The molecule has 1 N–H and O–H groups in total. The van der Waals surface area contributed by atoms with E-state index in [9.17, 15) is 4.79 Å². The first kappa shape index (κ1) is 16.5. The highest BCUT2D eigenvalue weighted by Crippen LogP contribution is 2.57. The first-order chi connectivity index (χ1) is 11.7. The number of ether oxygens (including phenoxy) is 1. The molecule has 0 aromatic carbocycles. The highest BCUT2D eigenvalue weighted by Gasteiger charge is 2.58. The van der Waals surface area contributed by atoms with Crippen molar-refractivity contribution in [3.8, 4) is 0 Å². The molecule has 0 radical (unpaired) electrons. The Morgan fingerprint density at radius 2 is 2.21 bits per heavy atom. The molecular weight excluding hydrogens is 322 g/mol. The number of carbonyl (C=O) groups is 1. The third-order valence-corrected chi connectivity index (χ3v) is 6.93. The van der Waals surface area contributed by atoms with Crippen LogP contribution in [0.4, 0.5) is 0 Å². The lowest BCUT2D eigenvalue weighted by Gasteiger charge is -2.30. The van der Waals surface area contributed by atoms with Crippen LogP contribution in [0.3, 0.4) is 0 Å². The molecule has 1 aromatic heterocycles. The number of piperidine rings is 1. The fraction of sp³-hybridized carbons (Fsp3) is 0.778. The maximum Gasteiger partial charge on any atom is 0.223 e. The van der Waals surface area contributed by atoms with Crippen LogP contribution in [0.25, 0.3) is 0 Å². The van der Waals surface area contributed by atoms with Crippen LogP contribution < -0.4 is 5.32 Å². The van der Waals surface area contributed by atoms with Gasteiger partial charge in [0.2, 0.25) is 5.91 Å². The van der Waals surface area contributed by atoms with Crippen LogP contribution in [0.5, 0.6) is 0 Å². The lowest BCUT2D eigenvalue weighted by Crippen LogP contribution is -2.40. The molecule has 6 heteroatoms. The summed E-state index contributed by atoms with van der Waals surface area (Å²) in [6, 6.07) is 0.411. The molecule has 1 aliphatic heterocycles. The van der Waals surface area contributed by atoms with Gasteiger partial charge in [-0.3, -0.25) is 4.79 Å². The Labute approximate surface area is 147 Å². The molecule has 3 aliphatic rings. The summed E-state index contributed by atoms with van der Waals surface area (Å²) in [5.74, 6) is 0.306. The predicted molar refractivity (Wildman–Crippen MR) is 93.8 cm³/mol. The summed E-state index contributed by atoms with van der Waals surface area (Å²) < 4.78 is 5.35. The Hall–Kier alpha value is -0.980. The molecule has 1 saturated heterocycles. The summed E-state index contributed by atoms with van der Waals surface area (Å²) in [7, 11) is 1.74. The predicted octanol–water partition coefficient (Wildman–Crippen LogP) is 2.43. The van der Waals surface area contributed by atoms with Crippen molar-refractivity contribution in [1.29, 1.82) is 0 Å². The van der Waals surface area contributed by atoms with E-state index < -0.39 is 0 Å². The van der Waals surface area contributed by atoms with Crippen LogP contribution in [0.2, 0.25) is 0 Å². The molecule has 3 fully saturated rings. The molecule has 1 aromatic rings. The first-order valence-corrected chi connectivity index (χ1v) is 9.92. The minimum Gasteiger partial charge on any atom is -0.384 e. The molecule has 24 heavy (non-hydrogen) atoms. The van der Waals surface area contributed by atoms with Crippen molar-refractivity contribution in [1.82, 2.24) is 15.2 Å². The molecule has 132 valence electrons. The average molecular weight is 350 g/mol. The summed E-state index contributed by atoms with van der Waals surface area (Å²) in [5.41, 5.74) is 0.485. The van der Waals surface area contributed by atoms with Gasteiger partial charge in [0.25, 0.3) is 0 Å². The van der Waals surface area contributed by atoms with Crippen molar-refractivity contribution in [2.75, 3.05) is 26.8 Å². The number of rotatable bonds is 7. The molecule has 2 saturated carbocycles. The number of thiazole rings is 1. The summed E-state index contributed by atoms with van der Waals surface area (Å²) in [5, 5.41) is 6.50. The summed E-state index contributed by atoms with van der Waals surface area (Å²) in [4.78, 5) is 19.7. The molecular formula is C18H27N3O2S. The van der Waals surface area contributed by atoms with Gasteiger partial charge in [0.1, 0.15) is 5.01 Å². The van der Waals surface area contributed by atoms with Crippen LogP contribution in [-0.4, -0.2) is 48.6 Å². The van der Waals surface area contributed by atoms with Crippen LogP contribution in [-0.2, 0) is 16.1 Å². The third kappa shape index (κ3) is 3.24. The molecule has 4 rings (SSSR count). The Morgan fingerprint density at radius 3 is 2.83 bits per heavy atom. The Kier molecular flexibility index (Phi) is 4.39. The minimum absolute atomic E-state index is 0.114. The monoisotopic (exact) mass is 349 g/mol. The minimum atomic E-state index is 0.114. The first-order valence-electron chi connectivity index (χ1n) is 9.04. The Bertz CT molecular complexity index is 579. The van der Waals surface area contributed by atoms with Crippen molar-refractivity contribution in [3.63, 3.8) is 0 Å². The topological polar surface area (TPSA) is 54.5 Å². The van der Waals surface area contributed by atoms with E-state index in [1.54, 1.807) is 18.4 Å². The number of nitrogens with zero attached hydrogens (tertiary/aromatic N) is 2. The lowest BCUT2D eigenvalue weighted by molar-refractivity contribution is -0.135. The van der Waals surface area contributed by atoms with E-state index >= 15 is 0 Å². The Balaban J connectivity index is 1.47. The van der Waals surface area contributed by atoms with E-state index in [4.69, 9.17) is 4.74 Å². The van der Waals surface area contributed by atoms with E-state index in [0.29, 0.717) is 36.9 Å². The standard InChI is InChI=1S/C18H27N3O2S/c1-23-13-17(2-3-17)11-16(22)21(12-15-20-8-9-24-15)14-10-18(14)4-6-19-7-5-18/h8-9,14,19H,2-7,10-13H2,1H3. The number of methoxy groups -OCH3 is 1. The van der Waals surface area contributed by atoms with Gasteiger partial charge >= 0.3 is 0 Å². The third-order valence-electron chi connectivity index (χ3n) is 6.17. The van der Waals surface area contributed by atoms with Crippen LogP contribution in [0, 0.1) is 10.8 Å². The van der Waals surface area contributed by atoms with Gasteiger partial charge in [-0.25, -0.2) is 4.98 Å². The molecule has 1 atom stereocenters. The Morgan fingerprint density at radius 1 is 1.42 bits per heavy atom. The fourth-order valence-corrected chi connectivity index (χ4v) is 4.97. The van der Waals surface area contributed by atoms with Crippen molar-refractivity contribution in [3.05, 3.63) is 16.6 Å². The van der Waals surface area contributed by atoms with Crippen molar-refractivity contribution in [2.45, 2.75) is 51.1 Å². The number of aromatic nitrogens is 1. The summed E-state index contributed by atoms with van der Waals surface area (Å²) in [6.45, 7) is 3.57. The largest absolute Gasteiger partial charge is 0.384 e. The van der Waals surface area contributed by atoms with Gasteiger partial charge in [0.15, 0.2) is 0 Å². The van der Waals surface area contributed by atoms with E-state index in [-0.39, 0.29) is 5.41 Å². The van der Waals surface area contributed by atoms with Crippen LogP contribution in [0.1, 0.15) is 43.5 Å². The number of carbonyl (C=O) groups excluding carboxylic acids is 1. The maximum atomic E-state index is 13.1. The second-order valence-electron chi connectivity index (χ2n) is 7.89. The van der Waals surface area contributed by atoms with Crippen molar-refractivity contribution in [2.24, 2.45) is 10.8 Å². The molecule has 0 bridgehead atoms. The fourth-order valence-electron chi connectivity index (χ4n) is 4.36. The molecule has 1 amide bonds.